The maximum Gasteiger partial charge on any atom is 0.234 e. The van der Waals surface area contributed by atoms with Gasteiger partial charge >= 0.3 is 0 Å². The van der Waals surface area contributed by atoms with Crippen LogP contribution in [0.1, 0.15) is 36.8 Å². The molecule has 1 aliphatic rings. The molecule has 1 saturated carbocycles. The summed E-state index contributed by atoms with van der Waals surface area (Å²) in [5.74, 6) is 0.974. The van der Waals surface area contributed by atoms with Crippen molar-refractivity contribution in [2.75, 3.05) is 11.1 Å². The quantitative estimate of drug-likeness (QED) is 0.735. The molecule has 0 unspecified atom stereocenters. The van der Waals surface area contributed by atoms with Crippen LogP contribution in [0.2, 0.25) is 0 Å². The largest absolute Gasteiger partial charge is 0.325 e. The molecule has 27 heavy (non-hydrogen) atoms. The molecule has 0 saturated heterocycles. The molecule has 4 nitrogen and oxygen atoms in total. The molecule has 1 fully saturated rings. The van der Waals surface area contributed by atoms with Gasteiger partial charge in [0.2, 0.25) is 5.91 Å². The molecular formula is C21H25NO3S2. The van der Waals surface area contributed by atoms with E-state index in [1.165, 1.54) is 11.1 Å². The fourth-order valence-corrected chi connectivity index (χ4v) is 6.08. The van der Waals surface area contributed by atoms with E-state index in [1.54, 1.807) is 36.0 Å². The minimum absolute atomic E-state index is 0.122. The normalized spacial score (nSPS) is 15.0. The van der Waals surface area contributed by atoms with Crippen LogP contribution < -0.4 is 5.32 Å². The lowest BCUT2D eigenvalue weighted by Crippen LogP contribution is -2.18. The summed E-state index contributed by atoms with van der Waals surface area (Å²) < 4.78 is 25.4. The molecule has 0 spiro atoms. The maximum absolute atomic E-state index is 12.7. The summed E-state index contributed by atoms with van der Waals surface area (Å²) in [6.07, 6.45) is 3.40. The number of hydrogen-bond donors (Lipinski definition) is 1. The van der Waals surface area contributed by atoms with Crippen molar-refractivity contribution < 1.29 is 13.2 Å². The van der Waals surface area contributed by atoms with Gasteiger partial charge in [-0.25, -0.2) is 8.42 Å². The molecule has 6 heteroatoms. The summed E-state index contributed by atoms with van der Waals surface area (Å²) >= 11 is 1.54. The van der Waals surface area contributed by atoms with Gasteiger partial charge in [0.05, 0.1) is 15.9 Å². The number of anilines is 1. The number of rotatable bonds is 7. The number of sulfone groups is 1. The standard InChI is InChI=1S/C21H25NO3S2/c1-16-6-4-7-17(12-16)14-26-15-21(23)22-18-8-5-11-20(13-18)27(24,25)19-9-2-3-10-19/h4-8,11-13,19H,2-3,9-10,14-15H2,1H3,(H,22,23). The molecular weight excluding hydrogens is 378 g/mol. The Balaban J connectivity index is 1.56. The Kier molecular flexibility index (Phi) is 6.60. The first-order chi connectivity index (χ1) is 12.9. The van der Waals surface area contributed by atoms with Crippen molar-refractivity contribution in [3.8, 4) is 0 Å². The maximum atomic E-state index is 12.7. The van der Waals surface area contributed by atoms with Gasteiger partial charge in [-0.3, -0.25) is 4.79 Å². The molecule has 1 aliphatic carbocycles. The van der Waals surface area contributed by atoms with Gasteiger partial charge in [-0.15, -0.1) is 11.8 Å². The van der Waals surface area contributed by atoms with Gasteiger partial charge in [-0.1, -0.05) is 48.7 Å². The van der Waals surface area contributed by atoms with Gasteiger partial charge in [0.1, 0.15) is 0 Å². The minimum atomic E-state index is -3.31. The monoisotopic (exact) mass is 403 g/mol. The lowest BCUT2D eigenvalue weighted by molar-refractivity contribution is -0.113. The van der Waals surface area contributed by atoms with E-state index >= 15 is 0 Å². The van der Waals surface area contributed by atoms with Crippen molar-refractivity contribution in [3.05, 3.63) is 59.7 Å². The van der Waals surface area contributed by atoms with Crippen molar-refractivity contribution in [2.24, 2.45) is 0 Å². The van der Waals surface area contributed by atoms with E-state index in [9.17, 15) is 13.2 Å². The molecule has 2 aromatic carbocycles. The summed E-state index contributed by atoms with van der Waals surface area (Å²) in [6, 6.07) is 14.9. The Labute approximate surface area is 165 Å². The van der Waals surface area contributed by atoms with Gasteiger partial charge in [0.25, 0.3) is 0 Å². The highest BCUT2D eigenvalue weighted by atomic mass is 32.2. The number of hydrogen-bond acceptors (Lipinski definition) is 4. The average Bonchev–Trinajstić information content (AvgIpc) is 3.17. The van der Waals surface area contributed by atoms with Crippen molar-refractivity contribution >= 4 is 33.2 Å². The van der Waals surface area contributed by atoms with Crippen LogP contribution in [0.25, 0.3) is 0 Å². The molecule has 0 aliphatic heterocycles. The summed E-state index contributed by atoms with van der Waals surface area (Å²) in [5.41, 5.74) is 2.94. The van der Waals surface area contributed by atoms with E-state index in [2.05, 4.69) is 17.4 Å². The SMILES string of the molecule is Cc1cccc(CSCC(=O)Nc2cccc(S(=O)(=O)C3CCCC3)c2)c1. The van der Waals surface area contributed by atoms with Gasteiger partial charge in [0.15, 0.2) is 9.84 Å². The second-order valence-electron chi connectivity index (χ2n) is 7.01. The number of amides is 1. The predicted molar refractivity (Wildman–Crippen MR) is 112 cm³/mol. The molecule has 144 valence electrons. The zero-order valence-electron chi connectivity index (χ0n) is 15.5. The molecule has 0 heterocycles. The van der Waals surface area contributed by atoms with Crippen LogP contribution >= 0.6 is 11.8 Å². The lowest BCUT2D eigenvalue weighted by Gasteiger charge is -2.12. The number of carbonyl (C=O) groups is 1. The van der Waals surface area contributed by atoms with E-state index in [1.807, 2.05) is 19.1 Å². The van der Waals surface area contributed by atoms with E-state index in [0.29, 0.717) is 16.3 Å². The number of aryl methyl sites for hydroxylation is 1. The molecule has 0 bridgehead atoms. The predicted octanol–water partition coefficient (Wildman–Crippen LogP) is 4.58. The number of thioether (sulfide) groups is 1. The fraction of sp³-hybridized carbons (Fsp3) is 0.381. The van der Waals surface area contributed by atoms with Gasteiger partial charge in [0, 0.05) is 11.4 Å². The Morgan fingerprint density at radius 3 is 2.59 bits per heavy atom. The number of benzene rings is 2. The van der Waals surface area contributed by atoms with Gasteiger partial charge in [-0.05, 0) is 43.5 Å². The molecule has 2 aromatic rings. The Hall–Kier alpha value is -1.79. The van der Waals surface area contributed by atoms with Crippen LogP contribution in [0.15, 0.2) is 53.4 Å². The van der Waals surface area contributed by atoms with Gasteiger partial charge in [-0.2, -0.15) is 0 Å². The van der Waals surface area contributed by atoms with E-state index in [4.69, 9.17) is 0 Å². The molecule has 1 amide bonds. The van der Waals surface area contributed by atoms with Crippen molar-refractivity contribution in [2.45, 2.75) is 48.5 Å². The Morgan fingerprint density at radius 1 is 1.11 bits per heavy atom. The minimum Gasteiger partial charge on any atom is -0.325 e. The van der Waals surface area contributed by atoms with Crippen LogP contribution in [-0.2, 0) is 20.4 Å². The Morgan fingerprint density at radius 2 is 1.85 bits per heavy atom. The smallest absolute Gasteiger partial charge is 0.234 e. The second kappa shape index (κ2) is 8.93. The second-order valence-corrected chi connectivity index (χ2v) is 10.2. The fourth-order valence-electron chi connectivity index (χ4n) is 3.40. The molecule has 1 N–H and O–H groups in total. The summed E-state index contributed by atoms with van der Waals surface area (Å²) in [7, 11) is -3.31. The Bertz CT molecular complexity index is 903. The molecule has 0 radical (unpaired) electrons. The first-order valence-electron chi connectivity index (χ1n) is 9.22. The highest BCUT2D eigenvalue weighted by Gasteiger charge is 2.30. The number of nitrogens with one attached hydrogen (secondary N) is 1. The third kappa shape index (κ3) is 5.36. The summed E-state index contributed by atoms with van der Waals surface area (Å²) in [5, 5.41) is 2.53. The van der Waals surface area contributed by atoms with E-state index < -0.39 is 9.84 Å². The van der Waals surface area contributed by atoms with Crippen LogP contribution in [0.5, 0.6) is 0 Å². The van der Waals surface area contributed by atoms with Crippen LogP contribution in [0.4, 0.5) is 5.69 Å². The first kappa shape index (κ1) is 20.0. The van der Waals surface area contributed by atoms with E-state index in [0.717, 1.165) is 31.4 Å². The third-order valence-electron chi connectivity index (χ3n) is 4.77. The van der Waals surface area contributed by atoms with E-state index in [-0.39, 0.29) is 11.2 Å². The summed E-state index contributed by atoms with van der Waals surface area (Å²) in [4.78, 5) is 12.5. The topological polar surface area (TPSA) is 63.2 Å². The highest BCUT2D eigenvalue weighted by molar-refractivity contribution is 7.99. The molecule has 3 rings (SSSR count). The molecule has 0 aromatic heterocycles. The van der Waals surface area contributed by atoms with Crippen LogP contribution in [0, 0.1) is 6.92 Å². The van der Waals surface area contributed by atoms with Crippen molar-refractivity contribution in [3.63, 3.8) is 0 Å². The zero-order valence-corrected chi connectivity index (χ0v) is 17.1. The third-order valence-corrected chi connectivity index (χ3v) is 8.04. The highest BCUT2D eigenvalue weighted by Crippen LogP contribution is 2.30. The van der Waals surface area contributed by atoms with Crippen molar-refractivity contribution in [1.29, 1.82) is 0 Å². The van der Waals surface area contributed by atoms with Crippen molar-refractivity contribution in [1.82, 2.24) is 0 Å². The van der Waals surface area contributed by atoms with Crippen LogP contribution in [-0.4, -0.2) is 25.3 Å². The zero-order chi connectivity index (χ0) is 19.3. The lowest BCUT2D eigenvalue weighted by atomic mass is 10.2. The first-order valence-corrected chi connectivity index (χ1v) is 11.9. The molecule has 0 atom stereocenters. The summed E-state index contributed by atoms with van der Waals surface area (Å²) in [6.45, 7) is 2.05. The average molecular weight is 404 g/mol. The van der Waals surface area contributed by atoms with Crippen LogP contribution in [0.3, 0.4) is 0 Å². The number of carbonyl (C=O) groups excluding carboxylic acids is 1. The van der Waals surface area contributed by atoms with Gasteiger partial charge < -0.3 is 5.32 Å².